The number of likely N-dealkylation sites (N-methyl/N-ethyl adjacent to an activating group) is 1. The maximum atomic E-state index is 13.9. The summed E-state index contributed by atoms with van der Waals surface area (Å²) in [6.45, 7) is 1.07. The van der Waals surface area contributed by atoms with E-state index in [2.05, 4.69) is 10.3 Å². The van der Waals surface area contributed by atoms with E-state index in [0.29, 0.717) is 52.4 Å². The first-order valence-electron chi connectivity index (χ1n) is 11.1. The van der Waals surface area contributed by atoms with Crippen LogP contribution in [0.15, 0.2) is 60.9 Å². The summed E-state index contributed by atoms with van der Waals surface area (Å²) in [6, 6.07) is 13.5. The zero-order valence-corrected chi connectivity index (χ0v) is 20.1. The van der Waals surface area contributed by atoms with Crippen molar-refractivity contribution in [3.05, 3.63) is 72.1 Å². The lowest BCUT2D eigenvalue weighted by atomic mass is 9.98. The molecule has 1 amide bonds. The number of ether oxygens (including phenoxy) is 1. The van der Waals surface area contributed by atoms with Crippen molar-refractivity contribution >= 4 is 28.3 Å². The predicted molar refractivity (Wildman–Crippen MR) is 134 cm³/mol. The number of carbonyl (C=O) groups is 1. The molecule has 1 aromatic heterocycles. The van der Waals surface area contributed by atoms with Gasteiger partial charge in [-0.1, -0.05) is 12.1 Å². The van der Waals surface area contributed by atoms with E-state index >= 15 is 0 Å². The molecule has 0 spiro atoms. The number of aryl methyl sites for hydroxylation is 1. The molecule has 0 aliphatic carbocycles. The Labute approximate surface area is 206 Å². The molecule has 36 heavy (non-hydrogen) atoms. The van der Waals surface area contributed by atoms with Crippen LogP contribution < -0.4 is 15.8 Å². The SMILES string of the molecule is CN(C)CCOc1cc(C(=O)Nc2cccc(-c3cc4ncn(C)c4cc3C(F)(F)F)c2)ccc1N. The summed E-state index contributed by atoms with van der Waals surface area (Å²) in [6.07, 6.45) is -3.10. The number of rotatable bonds is 7. The summed E-state index contributed by atoms with van der Waals surface area (Å²) in [4.78, 5) is 19.0. The minimum Gasteiger partial charge on any atom is -0.490 e. The lowest BCUT2D eigenvalue weighted by molar-refractivity contribution is -0.137. The van der Waals surface area contributed by atoms with Gasteiger partial charge in [-0.3, -0.25) is 4.79 Å². The first-order chi connectivity index (χ1) is 17.0. The number of nitrogen functional groups attached to an aromatic ring is 1. The van der Waals surface area contributed by atoms with Crippen molar-refractivity contribution in [1.82, 2.24) is 14.5 Å². The lowest BCUT2D eigenvalue weighted by Crippen LogP contribution is -2.20. The molecule has 3 aromatic carbocycles. The fraction of sp³-hybridized carbons (Fsp3) is 0.231. The van der Waals surface area contributed by atoms with Crippen molar-refractivity contribution in [3.8, 4) is 16.9 Å². The van der Waals surface area contributed by atoms with Crippen molar-refractivity contribution in [2.75, 3.05) is 38.3 Å². The maximum absolute atomic E-state index is 13.9. The van der Waals surface area contributed by atoms with Gasteiger partial charge in [0.1, 0.15) is 12.4 Å². The monoisotopic (exact) mass is 497 g/mol. The Morgan fingerprint density at radius 1 is 1.14 bits per heavy atom. The van der Waals surface area contributed by atoms with Crippen molar-refractivity contribution in [2.45, 2.75) is 6.18 Å². The molecule has 4 rings (SSSR count). The number of anilines is 2. The topological polar surface area (TPSA) is 85.4 Å². The van der Waals surface area contributed by atoms with E-state index < -0.39 is 17.6 Å². The molecular formula is C26H26F3N5O2. The second-order valence-corrected chi connectivity index (χ2v) is 8.68. The Balaban J connectivity index is 1.61. The van der Waals surface area contributed by atoms with Gasteiger partial charge in [0.05, 0.1) is 28.6 Å². The number of halogens is 3. The molecule has 0 radical (unpaired) electrons. The molecular weight excluding hydrogens is 471 g/mol. The highest BCUT2D eigenvalue weighted by molar-refractivity contribution is 6.05. The third-order valence-corrected chi connectivity index (χ3v) is 5.67. The standard InChI is InChI=1S/C26H26F3N5O2/c1-33(2)9-10-36-24-12-17(7-8-21(24)30)25(35)32-18-6-4-5-16(11-18)19-13-22-23(34(3)15-31-22)14-20(19)26(27,28)29/h4-8,11-15H,9-10,30H2,1-3H3,(H,32,35). The van der Waals surface area contributed by atoms with Gasteiger partial charge in [-0.25, -0.2) is 4.98 Å². The van der Waals surface area contributed by atoms with E-state index in [9.17, 15) is 18.0 Å². The highest BCUT2D eigenvalue weighted by Gasteiger charge is 2.34. The van der Waals surface area contributed by atoms with Gasteiger partial charge < -0.3 is 25.3 Å². The molecule has 0 aliphatic rings. The average Bonchev–Trinajstić information content (AvgIpc) is 3.18. The van der Waals surface area contributed by atoms with Crippen LogP contribution in [0.5, 0.6) is 5.75 Å². The third-order valence-electron chi connectivity index (χ3n) is 5.67. The zero-order chi connectivity index (χ0) is 26.0. The molecule has 0 unspecified atom stereocenters. The number of nitrogens with one attached hydrogen (secondary N) is 1. The number of nitrogens with zero attached hydrogens (tertiary/aromatic N) is 3. The van der Waals surface area contributed by atoms with E-state index in [1.807, 2.05) is 19.0 Å². The number of hydrogen-bond donors (Lipinski definition) is 2. The van der Waals surface area contributed by atoms with Gasteiger partial charge in [-0.2, -0.15) is 13.2 Å². The second-order valence-electron chi connectivity index (χ2n) is 8.68. The predicted octanol–water partition coefficient (Wildman–Crippen LogP) is 5.03. The van der Waals surface area contributed by atoms with Crippen LogP contribution in [0.2, 0.25) is 0 Å². The molecule has 0 aliphatic heterocycles. The summed E-state index contributed by atoms with van der Waals surface area (Å²) >= 11 is 0. The average molecular weight is 498 g/mol. The van der Waals surface area contributed by atoms with Crippen molar-refractivity contribution in [2.24, 2.45) is 7.05 Å². The fourth-order valence-electron chi connectivity index (χ4n) is 3.75. The van der Waals surface area contributed by atoms with Crippen LogP contribution in [-0.4, -0.2) is 47.6 Å². The van der Waals surface area contributed by atoms with E-state index in [1.165, 1.54) is 23.0 Å². The lowest BCUT2D eigenvalue weighted by Gasteiger charge is -2.15. The highest BCUT2D eigenvalue weighted by Crippen LogP contribution is 2.39. The quantitative estimate of drug-likeness (QED) is 0.350. The summed E-state index contributed by atoms with van der Waals surface area (Å²) in [5.74, 6) is -0.0578. The Morgan fingerprint density at radius 3 is 2.64 bits per heavy atom. The molecule has 7 nitrogen and oxygen atoms in total. The number of fused-ring (bicyclic) bond motifs is 1. The molecule has 188 valence electrons. The maximum Gasteiger partial charge on any atom is 0.417 e. The van der Waals surface area contributed by atoms with Crippen LogP contribution in [0.4, 0.5) is 24.5 Å². The van der Waals surface area contributed by atoms with Gasteiger partial charge in [0.15, 0.2) is 0 Å². The van der Waals surface area contributed by atoms with Gasteiger partial charge >= 0.3 is 6.18 Å². The number of aromatic nitrogens is 2. The molecule has 0 bridgehead atoms. The Kier molecular flexibility index (Phi) is 6.89. The molecule has 0 saturated heterocycles. The van der Waals surface area contributed by atoms with Gasteiger partial charge in [0.25, 0.3) is 5.91 Å². The Bertz CT molecular complexity index is 1410. The van der Waals surface area contributed by atoms with Crippen LogP contribution in [0.3, 0.4) is 0 Å². The van der Waals surface area contributed by atoms with Crippen LogP contribution in [0.1, 0.15) is 15.9 Å². The molecule has 0 atom stereocenters. The number of amides is 1. The Morgan fingerprint density at radius 2 is 1.92 bits per heavy atom. The minimum atomic E-state index is -4.57. The molecule has 10 heteroatoms. The smallest absolute Gasteiger partial charge is 0.417 e. The largest absolute Gasteiger partial charge is 0.490 e. The summed E-state index contributed by atoms with van der Waals surface area (Å²) in [7, 11) is 5.47. The number of alkyl halides is 3. The van der Waals surface area contributed by atoms with Gasteiger partial charge in [0, 0.05) is 24.8 Å². The molecule has 0 saturated carbocycles. The number of hydrogen-bond acceptors (Lipinski definition) is 5. The van der Waals surface area contributed by atoms with Gasteiger partial charge in [-0.05, 0) is 67.7 Å². The summed E-state index contributed by atoms with van der Waals surface area (Å²) < 4.78 is 49.0. The fourth-order valence-corrected chi connectivity index (χ4v) is 3.75. The molecule has 3 N–H and O–H groups in total. The molecule has 4 aromatic rings. The van der Waals surface area contributed by atoms with E-state index in [4.69, 9.17) is 10.5 Å². The van der Waals surface area contributed by atoms with Crippen molar-refractivity contribution in [3.63, 3.8) is 0 Å². The highest BCUT2D eigenvalue weighted by atomic mass is 19.4. The number of imidazole rings is 1. The number of carbonyl (C=O) groups excluding carboxylic acids is 1. The van der Waals surface area contributed by atoms with Crippen LogP contribution >= 0.6 is 0 Å². The number of nitrogens with two attached hydrogens (primary N) is 1. The first kappa shape index (κ1) is 25.1. The minimum absolute atomic E-state index is 0.0196. The third kappa shape index (κ3) is 5.44. The summed E-state index contributed by atoms with van der Waals surface area (Å²) in [5, 5.41) is 2.74. The van der Waals surface area contributed by atoms with Crippen molar-refractivity contribution < 1.29 is 22.7 Å². The zero-order valence-electron chi connectivity index (χ0n) is 20.1. The normalized spacial score (nSPS) is 11.8. The van der Waals surface area contributed by atoms with Crippen LogP contribution in [0, 0.1) is 0 Å². The van der Waals surface area contributed by atoms with Gasteiger partial charge in [-0.15, -0.1) is 0 Å². The second kappa shape index (κ2) is 9.90. The molecule has 0 fully saturated rings. The van der Waals surface area contributed by atoms with E-state index in [1.54, 1.807) is 43.4 Å². The summed E-state index contributed by atoms with van der Waals surface area (Å²) in [5.41, 5.74) is 7.34. The Hall–Kier alpha value is -4.05. The number of benzene rings is 3. The molecule has 1 heterocycles. The van der Waals surface area contributed by atoms with E-state index in [-0.39, 0.29) is 5.56 Å². The van der Waals surface area contributed by atoms with Gasteiger partial charge in [0.2, 0.25) is 0 Å². The first-order valence-corrected chi connectivity index (χ1v) is 11.1. The van der Waals surface area contributed by atoms with Crippen LogP contribution in [0.25, 0.3) is 22.2 Å². The van der Waals surface area contributed by atoms with E-state index in [0.717, 1.165) is 6.07 Å². The van der Waals surface area contributed by atoms with Crippen molar-refractivity contribution in [1.29, 1.82) is 0 Å². The van der Waals surface area contributed by atoms with Crippen LogP contribution in [-0.2, 0) is 13.2 Å².